The van der Waals surface area contributed by atoms with Gasteiger partial charge in [0.15, 0.2) is 0 Å². The zero-order chi connectivity index (χ0) is 28.1. The van der Waals surface area contributed by atoms with Crippen LogP contribution in [0.25, 0.3) is 5.76 Å². The largest absolute Gasteiger partial charge is 0.507 e. The van der Waals surface area contributed by atoms with Gasteiger partial charge < -0.3 is 19.5 Å². The number of aliphatic hydroxyl groups excluding tert-OH is 1. The van der Waals surface area contributed by atoms with Crippen LogP contribution < -0.4 is 4.74 Å². The summed E-state index contributed by atoms with van der Waals surface area (Å²) in [4.78, 5) is 30.6. The molecule has 2 heterocycles. The second kappa shape index (κ2) is 12.7. The van der Waals surface area contributed by atoms with E-state index in [9.17, 15) is 14.7 Å². The number of aryl methyl sites for hydroxylation is 1. The van der Waals surface area contributed by atoms with Crippen molar-refractivity contribution in [2.24, 2.45) is 0 Å². The highest BCUT2D eigenvalue weighted by Crippen LogP contribution is 2.40. The van der Waals surface area contributed by atoms with Crippen LogP contribution in [-0.4, -0.2) is 66.0 Å². The average molecular weight is 561 g/mol. The molecule has 1 amide bonds. The molecule has 2 fully saturated rings. The van der Waals surface area contributed by atoms with Crippen LogP contribution in [0.1, 0.15) is 34.7 Å². The first-order valence-corrected chi connectivity index (χ1v) is 13.9. The van der Waals surface area contributed by atoms with E-state index in [1.807, 2.05) is 43.3 Å². The number of likely N-dealkylation sites (tertiary alicyclic amines) is 1. The van der Waals surface area contributed by atoms with Crippen LogP contribution in [0.5, 0.6) is 5.75 Å². The number of morpholine rings is 1. The minimum absolute atomic E-state index is 0.0831. The van der Waals surface area contributed by atoms with E-state index < -0.39 is 17.7 Å². The highest BCUT2D eigenvalue weighted by molar-refractivity contribution is 6.46. The van der Waals surface area contributed by atoms with Gasteiger partial charge in [0.05, 0.1) is 24.8 Å². The molecule has 7 nitrogen and oxygen atoms in total. The van der Waals surface area contributed by atoms with Crippen molar-refractivity contribution in [3.05, 3.63) is 106 Å². The van der Waals surface area contributed by atoms with Gasteiger partial charge in [0.1, 0.15) is 18.1 Å². The number of rotatable bonds is 9. The Morgan fingerprint density at radius 1 is 1.00 bits per heavy atom. The molecule has 2 aliphatic rings. The molecule has 2 saturated heterocycles. The molecule has 40 heavy (non-hydrogen) atoms. The average Bonchev–Trinajstić information content (AvgIpc) is 3.22. The summed E-state index contributed by atoms with van der Waals surface area (Å²) in [5.74, 6) is -0.839. The summed E-state index contributed by atoms with van der Waals surface area (Å²) in [6.07, 6.45) is 0.698. The van der Waals surface area contributed by atoms with E-state index in [0.717, 1.165) is 36.3 Å². The van der Waals surface area contributed by atoms with Crippen LogP contribution in [0.3, 0.4) is 0 Å². The first-order chi connectivity index (χ1) is 19.4. The van der Waals surface area contributed by atoms with Gasteiger partial charge in [0, 0.05) is 36.8 Å². The number of hydrogen-bond donors (Lipinski definition) is 1. The molecule has 2 aliphatic heterocycles. The second-order valence-corrected chi connectivity index (χ2v) is 10.5. The minimum atomic E-state index is -0.713. The van der Waals surface area contributed by atoms with Crippen molar-refractivity contribution in [1.82, 2.24) is 9.80 Å². The molecule has 5 rings (SSSR count). The lowest BCUT2D eigenvalue weighted by atomic mass is 9.94. The maximum Gasteiger partial charge on any atom is 0.295 e. The zero-order valence-electron chi connectivity index (χ0n) is 22.5. The van der Waals surface area contributed by atoms with Gasteiger partial charge in [-0.3, -0.25) is 14.5 Å². The molecule has 208 valence electrons. The van der Waals surface area contributed by atoms with Gasteiger partial charge in [0.25, 0.3) is 11.7 Å². The normalized spacial score (nSPS) is 19.2. The number of ether oxygens (including phenoxy) is 2. The monoisotopic (exact) mass is 560 g/mol. The third kappa shape index (κ3) is 6.22. The number of Topliss-reactive ketones (excluding diaryl/α,β-unsaturated/α-hetero) is 1. The molecule has 0 spiro atoms. The van der Waals surface area contributed by atoms with Crippen molar-refractivity contribution >= 4 is 29.1 Å². The quantitative estimate of drug-likeness (QED) is 0.215. The van der Waals surface area contributed by atoms with Crippen LogP contribution in [-0.2, 0) is 20.9 Å². The standard InChI is InChI=1S/C32H33ClN2O5/c1-22-20-26(40-21-23-6-3-2-4-7-23)12-13-27(22)30(36)28-29(24-8-10-25(33)11-9-24)35(32(38)31(28)37)15-5-14-34-16-18-39-19-17-34/h2-4,6-13,20,29,36H,5,14-19,21H2,1H3/t29-/m1/s1. The molecule has 8 heteroatoms. The Balaban J connectivity index is 1.42. The number of carbonyl (C=O) groups is 2. The Hall–Kier alpha value is -3.65. The SMILES string of the molecule is Cc1cc(OCc2ccccc2)ccc1C(O)=C1C(=O)C(=O)N(CCCN2CCOCC2)[C@@H]1c1ccc(Cl)cc1. The predicted octanol–water partition coefficient (Wildman–Crippen LogP) is 5.37. The third-order valence-electron chi connectivity index (χ3n) is 7.40. The summed E-state index contributed by atoms with van der Waals surface area (Å²) in [6.45, 7) is 6.54. The summed E-state index contributed by atoms with van der Waals surface area (Å²) >= 11 is 6.14. The van der Waals surface area contributed by atoms with Crippen molar-refractivity contribution in [2.75, 3.05) is 39.4 Å². The number of halogens is 1. The number of hydrogen-bond acceptors (Lipinski definition) is 6. The molecule has 0 unspecified atom stereocenters. The highest BCUT2D eigenvalue weighted by Gasteiger charge is 2.46. The molecule has 0 radical (unpaired) electrons. The fourth-order valence-corrected chi connectivity index (χ4v) is 5.40. The van der Waals surface area contributed by atoms with Gasteiger partial charge >= 0.3 is 0 Å². The van der Waals surface area contributed by atoms with E-state index in [-0.39, 0.29) is 11.3 Å². The van der Waals surface area contributed by atoms with Crippen LogP contribution in [0.15, 0.2) is 78.4 Å². The van der Waals surface area contributed by atoms with Gasteiger partial charge in [0.2, 0.25) is 0 Å². The molecular formula is C32H33ClN2O5. The fourth-order valence-electron chi connectivity index (χ4n) is 5.27. The first-order valence-electron chi connectivity index (χ1n) is 13.5. The second-order valence-electron chi connectivity index (χ2n) is 10.1. The van der Waals surface area contributed by atoms with Gasteiger partial charge in [-0.15, -0.1) is 0 Å². The molecule has 1 N–H and O–H groups in total. The topological polar surface area (TPSA) is 79.3 Å². The van der Waals surface area contributed by atoms with Crippen molar-refractivity contribution in [3.63, 3.8) is 0 Å². The van der Waals surface area contributed by atoms with Crippen LogP contribution in [0.4, 0.5) is 0 Å². The molecule has 0 bridgehead atoms. The van der Waals surface area contributed by atoms with Crippen molar-refractivity contribution in [1.29, 1.82) is 0 Å². The minimum Gasteiger partial charge on any atom is -0.507 e. The van der Waals surface area contributed by atoms with Crippen LogP contribution >= 0.6 is 11.6 Å². The number of nitrogens with zero attached hydrogens (tertiary/aromatic N) is 2. The number of benzene rings is 3. The maximum absolute atomic E-state index is 13.4. The van der Waals surface area contributed by atoms with E-state index in [2.05, 4.69) is 4.90 Å². The highest BCUT2D eigenvalue weighted by atomic mass is 35.5. The van der Waals surface area contributed by atoms with Gasteiger partial charge in [-0.05, 0) is 60.4 Å². The summed E-state index contributed by atoms with van der Waals surface area (Å²) in [5.41, 5.74) is 3.06. The van der Waals surface area contributed by atoms with Crippen molar-refractivity contribution in [3.8, 4) is 5.75 Å². The number of carbonyl (C=O) groups excluding carboxylic acids is 2. The summed E-state index contributed by atoms with van der Waals surface area (Å²) in [6, 6.07) is 21.5. The third-order valence-corrected chi connectivity index (χ3v) is 7.66. The maximum atomic E-state index is 13.4. The van der Waals surface area contributed by atoms with Crippen LogP contribution in [0.2, 0.25) is 5.02 Å². The van der Waals surface area contributed by atoms with Crippen molar-refractivity contribution in [2.45, 2.75) is 26.0 Å². The molecular weight excluding hydrogens is 528 g/mol. The zero-order valence-corrected chi connectivity index (χ0v) is 23.3. The number of amides is 1. The molecule has 1 atom stereocenters. The van der Waals surface area contributed by atoms with Gasteiger partial charge in [-0.2, -0.15) is 0 Å². The summed E-state index contributed by atoms with van der Waals surface area (Å²) in [7, 11) is 0. The predicted molar refractivity (Wildman–Crippen MR) is 154 cm³/mol. The van der Waals surface area contributed by atoms with E-state index in [0.29, 0.717) is 49.1 Å². The summed E-state index contributed by atoms with van der Waals surface area (Å²) < 4.78 is 11.4. The van der Waals surface area contributed by atoms with E-state index in [1.54, 1.807) is 41.3 Å². The molecule has 0 aliphatic carbocycles. The Labute approximate surface area is 239 Å². The lowest BCUT2D eigenvalue weighted by Gasteiger charge is -2.29. The molecule has 3 aromatic carbocycles. The Morgan fingerprint density at radius 3 is 2.42 bits per heavy atom. The van der Waals surface area contributed by atoms with Gasteiger partial charge in [-0.25, -0.2) is 0 Å². The fraction of sp³-hybridized carbons (Fsp3) is 0.312. The molecule has 0 aromatic heterocycles. The Morgan fingerprint density at radius 2 is 1.73 bits per heavy atom. The van der Waals surface area contributed by atoms with E-state index in [4.69, 9.17) is 21.1 Å². The van der Waals surface area contributed by atoms with E-state index >= 15 is 0 Å². The lowest BCUT2D eigenvalue weighted by molar-refractivity contribution is -0.140. The number of ketones is 1. The Bertz CT molecular complexity index is 1380. The van der Waals surface area contributed by atoms with E-state index in [1.165, 1.54) is 0 Å². The van der Waals surface area contributed by atoms with Gasteiger partial charge in [-0.1, -0.05) is 54.1 Å². The van der Waals surface area contributed by atoms with Crippen LogP contribution in [0, 0.1) is 6.92 Å². The summed E-state index contributed by atoms with van der Waals surface area (Å²) in [5, 5.41) is 12.1. The smallest absolute Gasteiger partial charge is 0.295 e. The van der Waals surface area contributed by atoms with Crippen molar-refractivity contribution < 1.29 is 24.2 Å². The number of aliphatic hydroxyl groups is 1. The molecule has 3 aromatic rings. The lowest BCUT2D eigenvalue weighted by Crippen LogP contribution is -2.38. The molecule has 0 saturated carbocycles. The first kappa shape index (κ1) is 27.9. The Kier molecular flexibility index (Phi) is 8.85.